The maximum Gasteiger partial charge on any atom is 0.127 e. The van der Waals surface area contributed by atoms with Gasteiger partial charge in [0.05, 0.1) is 9.89 Å². The minimum atomic E-state index is -0.701. The average Bonchev–Trinajstić information content (AvgIpc) is 2.63. The van der Waals surface area contributed by atoms with E-state index in [9.17, 15) is 9.50 Å². The van der Waals surface area contributed by atoms with Crippen LogP contribution in [0, 0.1) is 5.82 Å². The van der Waals surface area contributed by atoms with Crippen molar-refractivity contribution in [3.05, 3.63) is 53.3 Å². The number of hydrogen-bond acceptors (Lipinski definition) is 2. The van der Waals surface area contributed by atoms with Crippen molar-refractivity contribution in [3.63, 3.8) is 0 Å². The SMILES string of the molecule is OC(Cc1ccc(Br)cc1F)c1cc(Br)c(Br)s1. The largest absolute Gasteiger partial charge is 0.387 e. The standard InChI is InChI=1S/C12H8Br3FOS/c13-7-2-1-6(9(16)4-7)3-10(17)11-5-8(14)12(15)18-11/h1-2,4-5,10,17H,3H2. The number of hydrogen-bond donors (Lipinski definition) is 1. The van der Waals surface area contributed by atoms with E-state index in [1.807, 2.05) is 6.07 Å². The molecule has 0 bridgehead atoms. The van der Waals surface area contributed by atoms with Crippen molar-refractivity contribution >= 4 is 59.1 Å². The van der Waals surface area contributed by atoms with Gasteiger partial charge in [-0.15, -0.1) is 11.3 Å². The average molecular weight is 459 g/mol. The van der Waals surface area contributed by atoms with Crippen LogP contribution in [-0.2, 0) is 6.42 Å². The lowest BCUT2D eigenvalue weighted by Crippen LogP contribution is -2.01. The number of rotatable bonds is 3. The Bertz CT molecular complexity index is 551. The fourth-order valence-electron chi connectivity index (χ4n) is 1.52. The molecule has 18 heavy (non-hydrogen) atoms. The lowest BCUT2D eigenvalue weighted by molar-refractivity contribution is 0.181. The quantitative estimate of drug-likeness (QED) is 0.648. The van der Waals surface area contributed by atoms with Gasteiger partial charge in [-0.1, -0.05) is 22.0 Å². The van der Waals surface area contributed by atoms with Crippen LogP contribution in [0.25, 0.3) is 0 Å². The minimum absolute atomic E-state index is 0.262. The molecule has 1 unspecified atom stereocenters. The Labute approximate surface area is 133 Å². The van der Waals surface area contributed by atoms with E-state index in [1.165, 1.54) is 17.4 Å². The van der Waals surface area contributed by atoms with E-state index >= 15 is 0 Å². The first-order valence-corrected chi connectivity index (χ1v) is 8.23. The fraction of sp³-hybridized carbons (Fsp3) is 0.167. The van der Waals surface area contributed by atoms with E-state index in [2.05, 4.69) is 47.8 Å². The summed E-state index contributed by atoms with van der Waals surface area (Å²) in [6.07, 6.45) is -0.438. The van der Waals surface area contributed by atoms with Gasteiger partial charge >= 0.3 is 0 Å². The van der Waals surface area contributed by atoms with Crippen LogP contribution in [0.4, 0.5) is 4.39 Å². The van der Waals surface area contributed by atoms with Crippen molar-refractivity contribution in [1.82, 2.24) is 0 Å². The number of aliphatic hydroxyl groups is 1. The van der Waals surface area contributed by atoms with Gasteiger partial charge < -0.3 is 5.11 Å². The van der Waals surface area contributed by atoms with Crippen LogP contribution in [0.2, 0.25) is 0 Å². The van der Waals surface area contributed by atoms with Crippen molar-refractivity contribution in [1.29, 1.82) is 0 Å². The molecule has 2 rings (SSSR count). The second-order valence-corrected chi connectivity index (χ2v) is 7.90. The van der Waals surface area contributed by atoms with Gasteiger partial charge in [0.15, 0.2) is 0 Å². The third-order valence-corrected chi connectivity index (χ3v) is 6.27. The first-order valence-electron chi connectivity index (χ1n) is 5.04. The summed E-state index contributed by atoms with van der Waals surface area (Å²) in [7, 11) is 0. The van der Waals surface area contributed by atoms with E-state index in [0.717, 1.165) is 13.1 Å². The van der Waals surface area contributed by atoms with E-state index in [-0.39, 0.29) is 12.2 Å². The molecule has 0 radical (unpaired) electrons. The number of aliphatic hydroxyl groups excluding tert-OH is 1. The number of benzene rings is 1. The molecule has 96 valence electrons. The van der Waals surface area contributed by atoms with Gasteiger partial charge in [0.1, 0.15) is 5.82 Å². The Balaban J connectivity index is 2.18. The molecule has 0 amide bonds. The molecule has 0 saturated carbocycles. The van der Waals surface area contributed by atoms with Gasteiger partial charge in [0, 0.05) is 20.2 Å². The predicted octanol–water partition coefficient (Wildman–Crippen LogP) is 5.45. The molecule has 1 nitrogen and oxygen atoms in total. The zero-order chi connectivity index (χ0) is 13.3. The summed E-state index contributed by atoms with van der Waals surface area (Å²) in [6.45, 7) is 0. The summed E-state index contributed by atoms with van der Waals surface area (Å²) in [5.74, 6) is -0.307. The summed E-state index contributed by atoms with van der Waals surface area (Å²) in [6, 6.07) is 6.70. The summed E-state index contributed by atoms with van der Waals surface area (Å²) < 4.78 is 16.2. The maximum atomic E-state index is 13.7. The van der Waals surface area contributed by atoms with Crippen LogP contribution < -0.4 is 0 Å². The molecule has 0 fully saturated rings. The van der Waals surface area contributed by atoms with Crippen molar-refractivity contribution in [2.75, 3.05) is 0 Å². The second-order valence-electron chi connectivity index (χ2n) is 3.73. The molecular formula is C12H8Br3FOS. The molecule has 1 heterocycles. The number of halogens is 4. The van der Waals surface area contributed by atoms with Crippen LogP contribution in [0.5, 0.6) is 0 Å². The van der Waals surface area contributed by atoms with E-state index in [4.69, 9.17) is 0 Å². The molecule has 2 aromatic rings. The molecular weight excluding hydrogens is 451 g/mol. The van der Waals surface area contributed by atoms with Gasteiger partial charge in [-0.3, -0.25) is 0 Å². The minimum Gasteiger partial charge on any atom is -0.387 e. The zero-order valence-electron chi connectivity index (χ0n) is 8.96. The monoisotopic (exact) mass is 456 g/mol. The molecule has 0 spiro atoms. The van der Waals surface area contributed by atoms with E-state index in [1.54, 1.807) is 12.1 Å². The van der Waals surface area contributed by atoms with Crippen molar-refractivity contribution < 1.29 is 9.50 Å². The molecule has 1 atom stereocenters. The fourth-order valence-corrected chi connectivity index (χ4v) is 3.93. The molecule has 0 aliphatic carbocycles. The third-order valence-electron chi connectivity index (χ3n) is 2.42. The third kappa shape index (κ3) is 3.42. The predicted molar refractivity (Wildman–Crippen MR) is 82.5 cm³/mol. The van der Waals surface area contributed by atoms with Gasteiger partial charge in [0.2, 0.25) is 0 Å². The van der Waals surface area contributed by atoms with Gasteiger partial charge in [-0.2, -0.15) is 0 Å². The Morgan fingerprint density at radius 2 is 1.94 bits per heavy atom. The van der Waals surface area contributed by atoms with Crippen molar-refractivity contribution in [2.24, 2.45) is 0 Å². The Morgan fingerprint density at radius 1 is 1.22 bits per heavy atom. The highest BCUT2D eigenvalue weighted by atomic mass is 79.9. The number of thiophene rings is 1. The Morgan fingerprint density at radius 3 is 2.50 bits per heavy atom. The lowest BCUT2D eigenvalue weighted by atomic mass is 10.1. The molecule has 1 aromatic carbocycles. The second kappa shape index (κ2) is 6.13. The summed E-state index contributed by atoms with van der Waals surface area (Å²) in [4.78, 5) is 0.802. The highest BCUT2D eigenvalue weighted by Gasteiger charge is 2.15. The lowest BCUT2D eigenvalue weighted by Gasteiger charge is -2.09. The van der Waals surface area contributed by atoms with Crippen LogP contribution in [-0.4, -0.2) is 5.11 Å². The molecule has 0 aliphatic rings. The van der Waals surface area contributed by atoms with Gasteiger partial charge in [-0.05, 0) is 55.6 Å². The Kier molecular flexibility index (Phi) is 4.99. The highest BCUT2D eigenvalue weighted by Crippen LogP contribution is 2.36. The Hall–Kier alpha value is 0.250. The molecule has 0 aliphatic heterocycles. The van der Waals surface area contributed by atoms with Crippen LogP contribution in [0.1, 0.15) is 16.5 Å². The molecule has 0 saturated heterocycles. The highest BCUT2D eigenvalue weighted by molar-refractivity contribution is 9.13. The van der Waals surface area contributed by atoms with Crippen LogP contribution >= 0.6 is 59.1 Å². The molecule has 1 aromatic heterocycles. The smallest absolute Gasteiger partial charge is 0.127 e. The van der Waals surface area contributed by atoms with Crippen molar-refractivity contribution in [2.45, 2.75) is 12.5 Å². The molecule has 6 heteroatoms. The van der Waals surface area contributed by atoms with Crippen LogP contribution in [0.15, 0.2) is 37.0 Å². The summed E-state index contributed by atoms with van der Waals surface area (Å²) >= 11 is 11.4. The van der Waals surface area contributed by atoms with E-state index in [0.29, 0.717) is 10.0 Å². The topological polar surface area (TPSA) is 20.2 Å². The van der Waals surface area contributed by atoms with Crippen LogP contribution in [0.3, 0.4) is 0 Å². The first kappa shape index (κ1) is 14.7. The zero-order valence-corrected chi connectivity index (χ0v) is 14.5. The normalized spacial score (nSPS) is 12.7. The van der Waals surface area contributed by atoms with Crippen molar-refractivity contribution in [3.8, 4) is 0 Å². The van der Waals surface area contributed by atoms with Gasteiger partial charge in [-0.25, -0.2) is 4.39 Å². The van der Waals surface area contributed by atoms with E-state index < -0.39 is 6.10 Å². The molecule has 1 N–H and O–H groups in total. The summed E-state index contributed by atoms with van der Waals surface area (Å²) in [5.41, 5.74) is 0.506. The maximum absolute atomic E-state index is 13.7. The van der Waals surface area contributed by atoms with Gasteiger partial charge in [0.25, 0.3) is 0 Å². The summed E-state index contributed by atoms with van der Waals surface area (Å²) in [5, 5.41) is 10.1. The first-order chi connectivity index (χ1) is 8.47.